The van der Waals surface area contributed by atoms with E-state index in [1.807, 2.05) is 42.5 Å². The molecule has 2 aromatic carbocycles. The molecule has 0 aliphatic rings. The molecular formula is C18H19N3O. The van der Waals surface area contributed by atoms with Gasteiger partial charge in [-0.05, 0) is 24.5 Å². The first-order valence-corrected chi connectivity index (χ1v) is 7.54. The van der Waals surface area contributed by atoms with Crippen molar-refractivity contribution < 1.29 is 4.79 Å². The van der Waals surface area contributed by atoms with Crippen LogP contribution in [0.2, 0.25) is 0 Å². The second-order valence-electron chi connectivity index (χ2n) is 5.30. The fourth-order valence-corrected chi connectivity index (χ4v) is 2.51. The van der Waals surface area contributed by atoms with Gasteiger partial charge in [-0.2, -0.15) is 5.10 Å². The summed E-state index contributed by atoms with van der Waals surface area (Å²) < 4.78 is 1.74. The number of aryl methyl sites for hydroxylation is 1. The van der Waals surface area contributed by atoms with Crippen LogP contribution in [0.1, 0.15) is 12.0 Å². The highest BCUT2D eigenvalue weighted by Gasteiger charge is 2.06. The van der Waals surface area contributed by atoms with E-state index in [-0.39, 0.29) is 12.5 Å². The van der Waals surface area contributed by atoms with Crippen molar-refractivity contribution in [1.82, 2.24) is 15.1 Å². The van der Waals surface area contributed by atoms with Gasteiger partial charge in [0.2, 0.25) is 5.91 Å². The molecule has 1 aromatic heterocycles. The van der Waals surface area contributed by atoms with Crippen LogP contribution in [-0.4, -0.2) is 22.2 Å². The van der Waals surface area contributed by atoms with Crippen LogP contribution < -0.4 is 5.32 Å². The highest BCUT2D eigenvalue weighted by Crippen LogP contribution is 2.12. The summed E-state index contributed by atoms with van der Waals surface area (Å²) in [4.78, 5) is 12.0. The van der Waals surface area contributed by atoms with Crippen LogP contribution in [0, 0.1) is 0 Å². The monoisotopic (exact) mass is 293 g/mol. The Morgan fingerprint density at radius 3 is 2.68 bits per heavy atom. The first-order valence-electron chi connectivity index (χ1n) is 7.54. The zero-order chi connectivity index (χ0) is 15.2. The summed E-state index contributed by atoms with van der Waals surface area (Å²) in [6.07, 6.45) is 3.71. The SMILES string of the molecule is O=C(Cn1ncc2ccccc21)NCCCc1ccccc1. The van der Waals surface area contributed by atoms with E-state index in [1.54, 1.807) is 10.9 Å². The summed E-state index contributed by atoms with van der Waals surface area (Å²) in [6.45, 7) is 0.950. The molecule has 0 spiro atoms. The number of aromatic nitrogens is 2. The Morgan fingerprint density at radius 2 is 1.82 bits per heavy atom. The molecule has 0 unspecified atom stereocenters. The first kappa shape index (κ1) is 14.3. The third kappa shape index (κ3) is 3.52. The molecule has 22 heavy (non-hydrogen) atoms. The predicted molar refractivity (Wildman–Crippen MR) is 87.5 cm³/mol. The summed E-state index contributed by atoms with van der Waals surface area (Å²) in [7, 11) is 0. The van der Waals surface area contributed by atoms with E-state index in [1.165, 1.54) is 5.56 Å². The lowest BCUT2D eigenvalue weighted by molar-refractivity contribution is -0.121. The molecule has 0 aliphatic heterocycles. The smallest absolute Gasteiger partial charge is 0.241 e. The van der Waals surface area contributed by atoms with Crippen molar-refractivity contribution in [2.24, 2.45) is 0 Å². The average Bonchev–Trinajstić information content (AvgIpc) is 2.96. The minimum Gasteiger partial charge on any atom is -0.354 e. The van der Waals surface area contributed by atoms with Gasteiger partial charge in [0, 0.05) is 11.9 Å². The number of para-hydroxylation sites is 1. The largest absolute Gasteiger partial charge is 0.354 e. The van der Waals surface area contributed by atoms with E-state index in [4.69, 9.17) is 0 Å². The topological polar surface area (TPSA) is 46.9 Å². The summed E-state index contributed by atoms with van der Waals surface area (Å²) in [5.74, 6) is 0.00177. The van der Waals surface area contributed by atoms with Crippen molar-refractivity contribution in [1.29, 1.82) is 0 Å². The quantitative estimate of drug-likeness (QED) is 0.710. The van der Waals surface area contributed by atoms with Crippen LogP contribution in [0.25, 0.3) is 10.9 Å². The number of rotatable bonds is 6. The highest BCUT2D eigenvalue weighted by molar-refractivity contribution is 5.81. The number of hydrogen-bond acceptors (Lipinski definition) is 2. The van der Waals surface area contributed by atoms with Gasteiger partial charge in [-0.1, -0.05) is 48.5 Å². The molecule has 0 atom stereocenters. The van der Waals surface area contributed by atoms with Gasteiger partial charge in [-0.3, -0.25) is 9.48 Å². The molecule has 1 heterocycles. The average molecular weight is 293 g/mol. The normalized spacial score (nSPS) is 10.7. The highest BCUT2D eigenvalue weighted by atomic mass is 16.2. The van der Waals surface area contributed by atoms with E-state index in [9.17, 15) is 4.79 Å². The maximum Gasteiger partial charge on any atom is 0.241 e. The molecule has 0 bridgehead atoms. The Bertz CT molecular complexity index is 749. The third-order valence-electron chi connectivity index (χ3n) is 3.65. The van der Waals surface area contributed by atoms with Gasteiger partial charge >= 0.3 is 0 Å². The second-order valence-corrected chi connectivity index (χ2v) is 5.30. The molecule has 0 aliphatic carbocycles. The molecule has 4 heteroatoms. The molecule has 1 amide bonds. The van der Waals surface area contributed by atoms with Gasteiger partial charge in [-0.25, -0.2) is 0 Å². The van der Waals surface area contributed by atoms with Crippen LogP contribution in [0.3, 0.4) is 0 Å². The number of nitrogens with zero attached hydrogens (tertiary/aromatic N) is 2. The lowest BCUT2D eigenvalue weighted by atomic mass is 10.1. The van der Waals surface area contributed by atoms with Crippen molar-refractivity contribution >= 4 is 16.8 Å². The Labute approximate surface area is 129 Å². The fraction of sp³-hybridized carbons (Fsp3) is 0.222. The van der Waals surface area contributed by atoms with Crippen LogP contribution in [0.15, 0.2) is 60.8 Å². The van der Waals surface area contributed by atoms with E-state index in [0.717, 1.165) is 23.7 Å². The number of hydrogen-bond donors (Lipinski definition) is 1. The van der Waals surface area contributed by atoms with Gasteiger partial charge in [0.1, 0.15) is 6.54 Å². The van der Waals surface area contributed by atoms with Gasteiger partial charge in [0.05, 0.1) is 11.7 Å². The summed E-state index contributed by atoms with van der Waals surface area (Å²) in [5.41, 5.74) is 2.29. The lowest BCUT2D eigenvalue weighted by Crippen LogP contribution is -2.29. The van der Waals surface area contributed by atoms with E-state index in [2.05, 4.69) is 22.5 Å². The number of carbonyl (C=O) groups is 1. The lowest BCUT2D eigenvalue weighted by Gasteiger charge is -2.06. The fourth-order valence-electron chi connectivity index (χ4n) is 2.51. The number of nitrogens with one attached hydrogen (secondary N) is 1. The second kappa shape index (κ2) is 6.89. The first-order chi connectivity index (χ1) is 10.8. The van der Waals surface area contributed by atoms with E-state index >= 15 is 0 Å². The zero-order valence-electron chi connectivity index (χ0n) is 12.4. The summed E-state index contributed by atoms with van der Waals surface area (Å²) in [5, 5.41) is 8.28. The van der Waals surface area contributed by atoms with Crippen molar-refractivity contribution in [3.05, 3.63) is 66.4 Å². The molecular weight excluding hydrogens is 274 g/mol. The molecule has 0 fully saturated rings. The van der Waals surface area contributed by atoms with Crippen LogP contribution in [0.4, 0.5) is 0 Å². The van der Waals surface area contributed by atoms with E-state index in [0.29, 0.717) is 6.54 Å². The molecule has 3 rings (SSSR count). The predicted octanol–water partition coefficient (Wildman–Crippen LogP) is 2.79. The number of fused-ring (bicyclic) bond motifs is 1. The Morgan fingerprint density at radius 1 is 1.05 bits per heavy atom. The molecule has 0 radical (unpaired) electrons. The van der Waals surface area contributed by atoms with Gasteiger partial charge in [0.15, 0.2) is 0 Å². The van der Waals surface area contributed by atoms with Crippen molar-refractivity contribution in [2.75, 3.05) is 6.54 Å². The molecule has 0 saturated carbocycles. The van der Waals surface area contributed by atoms with Crippen LogP contribution in [-0.2, 0) is 17.8 Å². The van der Waals surface area contributed by atoms with Crippen molar-refractivity contribution in [3.8, 4) is 0 Å². The zero-order valence-corrected chi connectivity index (χ0v) is 12.4. The molecule has 1 N–H and O–H groups in total. The van der Waals surface area contributed by atoms with Gasteiger partial charge < -0.3 is 5.32 Å². The van der Waals surface area contributed by atoms with Gasteiger partial charge in [0.25, 0.3) is 0 Å². The van der Waals surface area contributed by atoms with Crippen LogP contribution in [0.5, 0.6) is 0 Å². The van der Waals surface area contributed by atoms with Crippen LogP contribution >= 0.6 is 0 Å². The maximum atomic E-state index is 12.0. The van der Waals surface area contributed by atoms with Gasteiger partial charge in [-0.15, -0.1) is 0 Å². The number of carbonyl (C=O) groups excluding carboxylic acids is 1. The summed E-state index contributed by atoms with van der Waals surface area (Å²) >= 11 is 0. The maximum absolute atomic E-state index is 12.0. The minimum absolute atomic E-state index is 0.00177. The van der Waals surface area contributed by atoms with Crippen molar-refractivity contribution in [3.63, 3.8) is 0 Å². The van der Waals surface area contributed by atoms with E-state index < -0.39 is 0 Å². The Kier molecular flexibility index (Phi) is 4.49. The van der Waals surface area contributed by atoms with Crippen molar-refractivity contribution in [2.45, 2.75) is 19.4 Å². The molecule has 0 saturated heterocycles. The Balaban J connectivity index is 1.47. The number of amides is 1. The molecule has 3 aromatic rings. The standard InChI is InChI=1S/C18H19N3O/c22-18(19-12-6-9-15-7-2-1-3-8-15)14-21-17-11-5-4-10-16(17)13-20-21/h1-5,7-8,10-11,13H,6,9,12,14H2,(H,19,22). The third-order valence-corrected chi connectivity index (χ3v) is 3.65. The number of benzene rings is 2. The summed E-state index contributed by atoms with van der Waals surface area (Å²) in [6, 6.07) is 18.2. The molecule has 4 nitrogen and oxygen atoms in total. The molecule has 112 valence electrons. The minimum atomic E-state index is 0.00177. The Hall–Kier alpha value is -2.62.